The van der Waals surface area contributed by atoms with E-state index in [1.807, 2.05) is 82.5 Å². The second-order valence-electron chi connectivity index (χ2n) is 18.4. The minimum atomic E-state index is -0.779. The molecule has 17 nitrogen and oxygen atoms in total. The predicted octanol–water partition coefficient (Wildman–Crippen LogP) is 9.47. The average molecular weight is 1100 g/mol. The van der Waals surface area contributed by atoms with Crippen LogP contribution in [0.2, 0.25) is 0 Å². The molecule has 4 N–H and O–H groups in total. The molecule has 0 radical (unpaired) electrons. The third-order valence-corrected chi connectivity index (χ3v) is 14.4. The lowest BCUT2D eigenvalue weighted by molar-refractivity contribution is -0.136. The fourth-order valence-electron chi connectivity index (χ4n) is 9.88. The van der Waals surface area contributed by atoms with Crippen LogP contribution in [0, 0.1) is 24.6 Å². The summed E-state index contributed by atoms with van der Waals surface area (Å²) in [6.45, 7) is 13.0. The summed E-state index contributed by atoms with van der Waals surface area (Å²) in [6, 6.07) is 11.1. The number of carbonyl (C=O) groups is 4. The molecular formula is C50H66FN9O8S5. The monoisotopic (exact) mass is 1100 g/mol. The number of thiophene rings is 1. The third-order valence-electron chi connectivity index (χ3n) is 13.4. The van der Waals surface area contributed by atoms with Gasteiger partial charge in [-0.1, -0.05) is 33.8 Å². The minimum Gasteiger partial charge on any atom is -0.493 e. The van der Waals surface area contributed by atoms with Gasteiger partial charge in [-0.3, -0.25) is 14.2 Å². The van der Waals surface area contributed by atoms with E-state index in [-0.39, 0.29) is 89.7 Å². The van der Waals surface area contributed by atoms with Crippen LogP contribution in [-0.4, -0.2) is 104 Å². The van der Waals surface area contributed by atoms with Crippen LogP contribution in [0.3, 0.4) is 0 Å². The van der Waals surface area contributed by atoms with Crippen LogP contribution in [0.5, 0.6) is 11.5 Å². The molecule has 396 valence electrons. The number of amides is 4. The lowest BCUT2D eigenvalue weighted by Crippen LogP contribution is -2.51. The van der Waals surface area contributed by atoms with Crippen molar-refractivity contribution in [1.29, 1.82) is 0 Å². The molecule has 0 bridgehead atoms. The summed E-state index contributed by atoms with van der Waals surface area (Å²) in [5.74, 6) is 1.09. The summed E-state index contributed by atoms with van der Waals surface area (Å²) in [6.07, 6.45) is 4.34. The molecule has 9 rings (SSSR count). The fraction of sp³-hybridized carbons (Fsp3) is 0.440. The number of alkyl carbamates (subject to hydrolysis) is 2. The van der Waals surface area contributed by atoms with Crippen LogP contribution in [0.25, 0.3) is 44.7 Å². The minimum absolute atomic E-state index is 0. The highest BCUT2D eigenvalue weighted by Gasteiger charge is 2.40. The molecule has 73 heavy (non-hydrogen) atoms. The number of hydrogen-bond donors (Lipinski definition) is 4. The Hall–Kier alpha value is -5.49. The molecule has 4 amide bonds. The number of halogens is 1. The van der Waals surface area contributed by atoms with Crippen LogP contribution < -0.4 is 20.1 Å². The van der Waals surface area contributed by atoms with Gasteiger partial charge in [-0.15, -0.1) is 11.3 Å². The molecule has 3 aliphatic heterocycles. The molecule has 5 atom stereocenters. The highest BCUT2D eigenvalue weighted by atomic mass is 32.1. The van der Waals surface area contributed by atoms with E-state index in [1.165, 1.54) is 20.3 Å². The van der Waals surface area contributed by atoms with Gasteiger partial charge >= 0.3 is 12.2 Å². The largest absolute Gasteiger partial charge is 0.493 e. The number of benzene rings is 2. The van der Waals surface area contributed by atoms with Crippen molar-refractivity contribution >= 4 is 100 Å². The molecule has 6 aromatic rings. The van der Waals surface area contributed by atoms with Crippen molar-refractivity contribution in [3.8, 4) is 45.3 Å². The summed E-state index contributed by atoms with van der Waals surface area (Å²) in [5.41, 5.74) is 4.46. The Morgan fingerprint density at radius 3 is 1.86 bits per heavy atom. The summed E-state index contributed by atoms with van der Waals surface area (Å²) in [7, 11) is 2.54. The topological polar surface area (TPSA) is 198 Å². The molecule has 2 aromatic carbocycles. The van der Waals surface area contributed by atoms with E-state index in [0.717, 1.165) is 50.5 Å². The predicted molar refractivity (Wildman–Crippen MR) is 299 cm³/mol. The smallest absolute Gasteiger partial charge is 0.407 e. The number of rotatable bonds is 13. The van der Waals surface area contributed by atoms with Crippen LogP contribution in [0.15, 0.2) is 54.9 Å². The van der Waals surface area contributed by atoms with Gasteiger partial charge in [0.1, 0.15) is 41.0 Å². The number of fused-ring (bicyclic) bond motifs is 5. The normalized spacial score (nSPS) is 17.5. The molecule has 0 aliphatic carbocycles. The molecular weight excluding hydrogens is 1030 g/mol. The van der Waals surface area contributed by atoms with Crippen LogP contribution >= 0.6 is 65.3 Å². The van der Waals surface area contributed by atoms with E-state index in [1.54, 1.807) is 33.5 Å². The number of aryl methyl sites for hydroxylation is 1. The van der Waals surface area contributed by atoms with Gasteiger partial charge in [0.25, 0.3) is 0 Å². The number of aromatic amines is 2. The van der Waals surface area contributed by atoms with Crippen LogP contribution in [-0.2, 0) is 19.1 Å². The first kappa shape index (κ1) is 58.4. The number of nitrogens with zero attached hydrogens (tertiary/aromatic N) is 5. The molecule has 23 heteroatoms. The first-order valence-electron chi connectivity index (χ1n) is 23.5. The number of ether oxygens (including phenoxy) is 4. The van der Waals surface area contributed by atoms with Gasteiger partial charge in [0.05, 0.1) is 78.3 Å². The number of hydrogen-bond acceptors (Lipinski definition) is 11. The Bertz CT molecular complexity index is 2940. The SMILES string of the molecule is CCOc1cc(C2Oc3cc(-c4cnc([C@@H]5CCCN5C(=O)[C@@H](NC(=O)OC)C(C)C)[nH]4)cc(F)c3-c3cc4cc(-c5cnc([C@@H]6CCCN6C(=O)[C@@H](NC(=O)OC)C(C)C)[nH]5)ccc4n32)sc1C.S.S.S.S. The Kier molecular flexibility index (Phi) is 19.4. The van der Waals surface area contributed by atoms with Crippen molar-refractivity contribution < 1.29 is 42.5 Å². The molecule has 7 heterocycles. The number of methoxy groups -OCH3 is 2. The summed E-state index contributed by atoms with van der Waals surface area (Å²) in [5, 5.41) is 6.24. The second-order valence-corrected chi connectivity index (χ2v) is 19.7. The zero-order chi connectivity index (χ0) is 48.8. The summed E-state index contributed by atoms with van der Waals surface area (Å²) < 4.78 is 41.4. The molecule has 2 saturated heterocycles. The Labute approximate surface area is 455 Å². The van der Waals surface area contributed by atoms with Crippen LogP contribution in [0.1, 0.15) is 100 Å². The Morgan fingerprint density at radius 1 is 0.795 bits per heavy atom. The van der Waals surface area contributed by atoms with E-state index < -0.39 is 36.3 Å². The maximum Gasteiger partial charge on any atom is 0.407 e. The average Bonchev–Trinajstić information content (AvgIpc) is 4.20. The van der Waals surface area contributed by atoms with E-state index in [2.05, 4.69) is 20.6 Å². The van der Waals surface area contributed by atoms with Gasteiger partial charge in [-0.05, 0) is 81.7 Å². The van der Waals surface area contributed by atoms with E-state index in [9.17, 15) is 19.2 Å². The second kappa shape index (κ2) is 24.2. The molecule has 1 unspecified atom stereocenters. The first-order chi connectivity index (χ1) is 33.2. The van der Waals surface area contributed by atoms with Crippen molar-refractivity contribution in [3.05, 3.63) is 82.1 Å². The van der Waals surface area contributed by atoms with Crippen LogP contribution in [0.4, 0.5) is 14.0 Å². The highest BCUT2D eigenvalue weighted by molar-refractivity contribution is 7.59. The molecule has 2 fully saturated rings. The number of likely N-dealkylation sites (tertiary alicyclic amines) is 2. The molecule has 0 saturated carbocycles. The zero-order valence-electron chi connectivity index (χ0n) is 42.0. The van der Waals surface area contributed by atoms with Crippen molar-refractivity contribution in [2.24, 2.45) is 11.8 Å². The maximum atomic E-state index is 16.9. The van der Waals surface area contributed by atoms with Crippen molar-refractivity contribution in [2.45, 2.75) is 97.6 Å². The van der Waals surface area contributed by atoms with Gasteiger partial charge in [-0.2, -0.15) is 54.0 Å². The Morgan fingerprint density at radius 2 is 1.34 bits per heavy atom. The number of aromatic nitrogens is 5. The number of imidazole rings is 2. The number of nitrogens with one attached hydrogen (secondary N) is 4. The maximum absolute atomic E-state index is 16.9. The standard InChI is InChI=1S/C50H58FN9O8S.4H2S/c1-9-67-38-22-40(69-27(38)6)48-60-34-15-14-28(32-23-52-44(54-32)35-12-10-16-58(35)46(61)42(25(2)3)56-49(63)65-7)18-30(34)20-37(60)41-31(51)19-29(21-39(41)68-48)33-24-53-45(55-33)36-13-11-17-59(36)47(62)43(26(4)5)57-50(64)66-8;;;;/h14-15,18-26,35-36,42-43,48H,9-13,16-17H2,1-8H3,(H,52,54)(H,53,55)(H,56,63)(H,57,64);4*1H2/t35-,36-,42-,43-,48?;;;;/m0..../s1. The van der Waals surface area contributed by atoms with E-state index >= 15 is 4.39 Å². The van der Waals surface area contributed by atoms with Gasteiger partial charge < -0.3 is 49.3 Å². The quantitative estimate of drug-likeness (QED) is 0.0864. The lowest BCUT2D eigenvalue weighted by Gasteiger charge is -2.30. The van der Waals surface area contributed by atoms with Gasteiger partial charge in [-0.25, -0.2) is 23.9 Å². The summed E-state index contributed by atoms with van der Waals surface area (Å²) >= 11 is 1.56. The zero-order valence-corrected chi connectivity index (χ0v) is 46.8. The number of carbonyl (C=O) groups excluding carboxylic acids is 4. The highest BCUT2D eigenvalue weighted by Crippen LogP contribution is 2.49. The van der Waals surface area contributed by atoms with Crippen molar-refractivity contribution in [3.63, 3.8) is 0 Å². The first-order valence-corrected chi connectivity index (χ1v) is 24.3. The number of H-pyrrole nitrogens is 2. The van der Waals surface area contributed by atoms with Crippen molar-refractivity contribution in [1.82, 2.24) is 44.9 Å². The van der Waals surface area contributed by atoms with E-state index in [4.69, 9.17) is 28.9 Å². The van der Waals surface area contributed by atoms with Gasteiger partial charge in [0, 0.05) is 40.5 Å². The van der Waals surface area contributed by atoms with E-state index in [0.29, 0.717) is 72.5 Å². The lowest BCUT2D eigenvalue weighted by atomic mass is 10.0. The third kappa shape index (κ3) is 11.3. The molecule has 0 spiro atoms. The summed E-state index contributed by atoms with van der Waals surface area (Å²) in [4.78, 5) is 73.6. The fourth-order valence-corrected chi connectivity index (χ4v) is 10.9. The van der Waals surface area contributed by atoms with Gasteiger partial charge in [0.2, 0.25) is 18.0 Å². The Balaban J connectivity index is 0.00000247. The van der Waals surface area contributed by atoms with Gasteiger partial charge in [0.15, 0.2) is 0 Å². The van der Waals surface area contributed by atoms with Crippen molar-refractivity contribution in [2.75, 3.05) is 33.9 Å². The molecule has 4 aromatic heterocycles. The molecule has 3 aliphatic rings.